The summed E-state index contributed by atoms with van der Waals surface area (Å²) in [5.41, 5.74) is 0. The number of esters is 1. The van der Waals surface area contributed by atoms with E-state index in [2.05, 4.69) is 25.3 Å². The quantitative estimate of drug-likeness (QED) is 0.516. The summed E-state index contributed by atoms with van der Waals surface area (Å²) in [5, 5.41) is 6.11. The maximum Gasteiger partial charge on any atom is 0.307 e. The molecule has 100 valence electrons. The molecular weight excluding hydrogens is 236 g/mol. The number of rotatable bonds is 8. The molecule has 0 aliphatic carbocycles. The van der Waals surface area contributed by atoms with Crippen molar-refractivity contribution >= 4 is 17.6 Å². The number of hydrogen-bond donors (Lipinski definition) is 2. The molecule has 0 radical (unpaired) electrons. The number of methoxy groups -OCH3 is 2. The first-order valence-corrected chi connectivity index (χ1v) is 5.62. The molecule has 18 heavy (non-hydrogen) atoms. The molecule has 0 aliphatic rings. The van der Waals surface area contributed by atoms with Crippen LogP contribution in [-0.2, 0) is 14.3 Å². The topological polar surface area (TPSA) is 85.4 Å². The van der Waals surface area contributed by atoms with E-state index in [9.17, 15) is 4.79 Å². The molecule has 0 atom stereocenters. The number of aromatic nitrogens is 2. The molecule has 0 bridgehead atoms. The van der Waals surface area contributed by atoms with Gasteiger partial charge in [-0.05, 0) is 0 Å². The molecule has 1 aromatic rings. The maximum absolute atomic E-state index is 10.9. The number of nitrogens with one attached hydrogen (secondary N) is 2. The largest absolute Gasteiger partial charge is 0.469 e. The second kappa shape index (κ2) is 8.24. The van der Waals surface area contributed by atoms with Crippen molar-refractivity contribution in [2.75, 3.05) is 44.5 Å². The molecule has 0 aromatic carbocycles. The first kappa shape index (κ1) is 14.2. The van der Waals surface area contributed by atoms with E-state index in [0.29, 0.717) is 37.8 Å². The van der Waals surface area contributed by atoms with Crippen molar-refractivity contribution in [3.8, 4) is 0 Å². The Labute approximate surface area is 106 Å². The van der Waals surface area contributed by atoms with E-state index in [1.807, 2.05) is 0 Å². The van der Waals surface area contributed by atoms with Crippen LogP contribution < -0.4 is 10.6 Å². The van der Waals surface area contributed by atoms with Crippen LogP contribution in [0.15, 0.2) is 12.4 Å². The number of nitrogens with zero attached hydrogens (tertiary/aromatic N) is 2. The van der Waals surface area contributed by atoms with Gasteiger partial charge in [0.15, 0.2) is 0 Å². The predicted molar refractivity (Wildman–Crippen MR) is 67.5 cm³/mol. The highest BCUT2D eigenvalue weighted by Gasteiger charge is 2.01. The van der Waals surface area contributed by atoms with Crippen molar-refractivity contribution < 1.29 is 14.3 Å². The average Bonchev–Trinajstić information content (AvgIpc) is 2.39. The predicted octanol–water partition coefficient (Wildman–Crippen LogP) is 0.510. The third-order valence-corrected chi connectivity index (χ3v) is 2.14. The van der Waals surface area contributed by atoms with Gasteiger partial charge in [-0.2, -0.15) is 0 Å². The highest BCUT2D eigenvalue weighted by Crippen LogP contribution is 2.08. The molecule has 0 spiro atoms. The van der Waals surface area contributed by atoms with Gasteiger partial charge < -0.3 is 20.1 Å². The summed E-state index contributed by atoms with van der Waals surface area (Å²) in [4.78, 5) is 19.0. The fourth-order valence-corrected chi connectivity index (χ4v) is 1.23. The molecule has 0 aliphatic heterocycles. The van der Waals surface area contributed by atoms with Gasteiger partial charge >= 0.3 is 5.97 Å². The van der Waals surface area contributed by atoms with E-state index < -0.39 is 0 Å². The fourth-order valence-electron chi connectivity index (χ4n) is 1.23. The molecule has 1 rings (SSSR count). The van der Waals surface area contributed by atoms with Crippen LogP contribution in [0, 0.1) is 0 Å². The molecule has 0 saturated heterocycles. The number of hydrogen-bond acceptors (Lipinski definition) is 7. The minimum absolute atomic E-state index is 0.255. The number of anilines is 2. The lowest BCUT2D eigenvalue weighted by Gasteiger charge is -2.07. The molecule has 7 nitrogen and oxygen atoms in total. The Morgan fingerprint density at radius 3 is 2.50 bits per heavy atom. The van der Waals surface area contributed by atoms with E-state index >= 15 is 0 Å². The van der Waals surface area contributed by atoms with Crippen molar-refractivity contribution in [1.29, 1.82) is 0 Å². The Kier molecular flexibility index (Phi) is 6.49. The van der Waals surface area contributed by atoms with Gasteiger partial charge in [-0.25, -0.2) is 9.97 Å². The first-order valence-electron chi connectivity index (χ1n) is 5.62. The van der Waals surface area contributed by atoms with Gasteiger partial charge in [-0.1, -0.05) is 0 Å². The van der Waals surface area contributed by atoms with Crippen LogP contribution >= 0.6 is 0 Å². The number of carbonyl (C=O) groups excluding carboxylic acids is 1. The van der Waals surface area contributed by atoms with Crippen molar-refractivity contribution in [3.05, 3.63) is 12.4 Å². The summed E-state index contributed by atoms with van der Waals surface area (Å²) in [5.74, 6) is 1.12. The molecular formula is C11H18N4O3. The molecule has 2 N–H and O–H groups in total. The smallest absolute Gasteiger partial charge is 0.307 e. The van der Waals surface area contributed by atoms with Crippen LogP contribution in [0.3, 0.4) is 0 Å². The van der Waals surface area contributed by atoms with E-state index in [4.69, 9.17) is 4.74 Å². The van der Waals surface area contributed by atoms with Crippen molar-refractivity contribution in [3.63, 3.8) is 0 Å². The third kappa shape index (κ3) is 5.44. The standard InChI is InChI=1S/C11H18N4O3/c1-17-6-5-13-10-7-9(14-8-15-10)12-4-3-11(16)18-2/h7-8H,3-6H2,1-2H3,(H2,12,13,14,15). The lowest BCUT2D eigenvalue weighted by Crippen LogP contribution is -2.12. The summed E-state index contributed by atoms with van der Waals surface area (Å²) in [7, 11) is 3.01. The lowest BCUT2D eigenvalue weighted by atomic mass is 10.4. The van der Waals surface area contributed by atoms with Gasteiger partial charge in [0.25, 0.3) is 0 Å². The first-order chi connectivity index (χ1) is 8.76. The zero-order valence-corrected chi connectivity index (χ0v) is 10.6. The lowest BCUT2D eigenvalue weighted by molar-refractivity contribution is -0.140. The second-order valence-electron chi connectivity index (χ2n) is 3.46. The molecule has 0 saturated carbocycles. The van der Waals surface area contributed by atoms with E-state index in [-0.39, 0.29) is 5.97 Å². The molecule has 0 fully saturated rings. The Morgan fingerprint density at radius 2 is 1.89 bits per heavy atom. The van der Waals surface area contributed by atoms with Crippen LogP contribution in [0.5, 0.6) is 0 Å². The maximum atomic E-state index is 10.9. The molecule has 1 heterocycles. The Morgan fingerprint density at radius 1 is 1.22 bits per heavy atom. The summed E-state index contributed by atoms with van der Waals surface area (Å²) in [6, 6.07) is 1.77. The van der Waals surface area contributed by atoms with Gasteiger partial charge in [0.2, 0.25) is 0 Å². The zero-order valence-electron chi connectivity index (χ0n) is 10.6. The molecule has 1 aromatic heterocycles. The van der Waals surface area contributed by atoms with Crippen LogP contribution in [0.4, 0.5) is 11.6 Å². The number of carbonyl (C=O) groups is 1. The minimum atomic E-state index is -0.255. The fraction of sp³-hybridized carbons (Fsp3) is 0.545. The SMILES string of the molecule is COCCNc1cc(NCCC(=O)OC)ncn1. The van der Waals surface area contributed by atoms with Crippen LogP contribution in [-0.4, -0.2) is 49.9 Å². The summed E-state index contributed by atoms with van der Waals surface area (Å²) in [6.45, 7) is 1.76. The van der Waals surface area contributed by atoms with E-state index in [0.717, 1.165) is 0 Å². The third-order valence-electron chi connectivity index (χ3n) is 2.14. The van der Waals surface area contributed by atoms with Crippen molar-refractivity contribution in [1.82, 2.24) is 9.97 Å². The number of ether oxygens (including phenoxy) is 2. The minimum Gasteiger partial charge on any atom is -0.469 e. The van der Waals surface area contributed by atoms with Crippen LogP contribution in [0.25, 0.3) is 0 Å². The zero-order chi connectivity index (χ0) is 13.2. The highest BCUT2D eigenvalue weighted by atomic mass is 16.5. The van der Waals surface area contributed by atoms with Crippen LogP contribution in [0.2, 0.25) is 0 Å². The summed E-state index contributed by atoms with van der Waals surface area (Å²) in [6.07, 6.45) is 1.75. The van der Waals surface area contributed by atoms with Gasteiger partial charge in [0.05, 0.1) is 20.1 Å². The van der Waals surface area contributed by atoms with E-state index in [1.165, 1.54) is 13.4 Å². The monoisotopic (exact) mass is 254 g/mol. The van der Waals surface area contributed by atoms with Crippen molar-refractivity contribution in [2.45, 2.75) is 6.42 Å². The Bertz CT molecular complexity index is 373. The molecule has 0 unspecified atom stereocenters. The summed E-state index contributed by atoms with van der Waals surface area (Å²) < 4.78 is 9.46. The molecule has 7 heteroatoms. The van der Waals surface area contributed by atoms with Crippen LogP contribution in [0.1, 0.15) is 6.42 Å². The van der Waals surface area contributed by atoms with Gasteiger partial charge in [0, 0.05) is 26.3 Å². The van der Waals surface area contributed by atoms with Gasteiger partial charge in [0.1, 0.15) is 18.0 Å². The van der Waals surface area contributed by atoms with Gasteiger partial charge in [-0.3, -0.25) is 4.79 Å². The molecule has 0 amide bonds. The normalized spacial score (nSPS) is 9.89. The average molecular weight is 254 g/mol. The Hall–Kier alpha value is -1.89. The second-order valence-corrected chi connectivity index (χ2v) is 3.46. The summed E-state index contributed by atoms with van der Waals surface area (Å²) >= 11 is 0. The van der Waals surface area contributed by atoms with E-state index in [1.54, 1.807) is 13.2 Å². The highest BCUT2D eigenvalue weighted by molar-refractivity contribution is 5.69. The van der Waals surface area contributed by atoms with Crippen molar-refractivity contribution in [2.24, 2.45) is 0 Å². The Balaban J connectivity index is 2.36. The van der Waals surface area contributed by atoms with Gasteiger partial charge in [-0.15, -0.1) is 0 Å².